The third kappa shape index (κ3) is 7.48. The first-order chi connectivity index (χ1) is 19.7. The summed E-state index contributed by atoms with van der Waals surface area (Å²) in [5, 5.41) is 0. The van der Waals surface area contributed by atoms with Crippen molar-refractivity contribution in [2.45, 2.75) is 44.9 Å². The van der Waals surface area contributed by atoms with E-state index in [4.69, 9.17) is 18.9 Å². The molecule has 3 aromatic rings. The number of methoxy groups -OCH3 is 1. The van der Waals surface area contributed by atoms with Crippen molar-refractivity contribution in [1.29, 1.82) is 0 Å². The molecule has 2 atom stereocenters. The first kappa shape index (κ1) is 29.7. The van der Waals surface area contributed by atoms with Gasteiger partial charge in [-0.05, 0) is 61.4 Å². The lowest BCUT2D eigenvalue weighted by molar-refractivity contribution is -0.160. The lowest BCUT2D eigenvalue weighted by Gasteiger charge is -2.28. The van der Waals surface area contributed by atoms with E-state index in [0.29, 0.717) is 31.9 Å². The van der Waals surface area contributed by atoms with E-state index in [2.05, 4.69) is 0 Å². The van der Waals surface area contributed by atoms with Gasteiger partial charge >= 0.3 is 12.0 Å². The molecule has 1 saturated heterocycles. The number of halogens is 1. The van der Waals surface area contributed by atoms with Gasteiger partial charge in [0.2, 0.25) is 5.60 Å². The highest BCUT2D eigenvalue weighted by Gasteiger charge is 2.38. The Labute approximate surface area is 240 Å². The Kier molecular flexibility index (Phi) is 9.70. The van der Waals surface area contributed by atoms with Gasteiger partial charge in [-0.3, -0.25) is 0 Å². The molecule has 1 aliphatic heterocycles. The number of amides is 2. The number of para-hydroxylation sites is 1. The maximum atomic E-state index is 14.3. The number of likely N-dealkylation sites (N-methyl/N-ethyl adjacent to an activating group) is 1. The lowest BCUT2D eigenvalue weighted by Crippen LogP contribution is -2.45. The summed E-state index contributed by atoms with van der Waals surface area (Å²) in [7, 11) is 3.45. The highest BCUT2D eigenvalue weighted by Crippen LogP contribution is 2.27. The predicted octanol–water partition coefficient (Wildman–Crippen LogP) is 5.48. The first-order valence-corrected chi connectivity index (χ1v) is 13.7. The van der Waals surface area contributed by atoms with Crippen molar-refractivity contribution >= 4 is 12.0 Å². The average Bonchev–Trinajstić information content (AvgIpc) is 3.23. The minimum absolute atomic E-state index is 0.00239. The molecule has 0 N–H and O–H groups in total. The number of rotatable bonds is 13. The highest BCUT2D eigenvalue weighted by molar-refractivity contribution is 5.80. The van der Waals surface area contributed by atoms with Gasteiger partial charge in [0, 0.05) is 33.0 Å². The van der Waals surface area contributed by atoms with E-state index in [1.807, 2.05) is 60.5 Å². The minimum Gasteiger partial charge on any atom is -0.497 e. The molecule has 1 aliphatic rings. The molecule has 2 unspecified atom stereocenters. The van der Waals surface area contributed by atoms with Gasteiger partial charge in [-0.1, -0.05) is 36.4 Å². The van der Waals surface area contributed by atoms with Gasteiger partial charge in [-0.25, -0.2) is 14.0 Å². The maximum Gasteiger partial charge on any atom is 0.350 e. The Hall–Kier alpha value is -4.27. The molecule has 0 bridgehead atoms. The molecule has 8 nitrogen and oxygen atoms in total. The largest absolute Gasteiger partial charge is 0.497 e. The van der Waals surface area contributed by atoms with Crippen LogP contribution in [0.25, 0.3) is 0 Å². The molecule has 218 valence electrons. The minimum atomic E-state index is -1.42. The van der Waals surface area contributed by atoms with Gasteiger partial charge in [0.25, 0.3) is 0 Å². The first-order valence-electron chi connectivity index (χ1n) is 13.7. The van der Waals surface area contributed by atoms with Crippen molar-refractivity contribution in [3.8, 4) is 17.2 Å². The highest BCUT2D eigenvalue weighted by atomic mass is 19.1. The normalized spacial score (nSPS) is 16.3. The van der Waals surface area contributed by atoms with Crippen LogP contribution < -0.4 is 14.2 Å². The summed E-state index contributed by atoms with van der Waals surface area (Å²) in [5.41, 5.74) is 0.431. The number of carbonyl (C=O) groups excluding carboxylic acids is 2. The molecule has 1 heterocycles. The number of urea groups is 1. The summed E-state index contributed by atoms with van der Waals surface area (Å²) in [6, 6.07) is 21.1. The summed E-state index contributed by atoms with van der Waals surface area (Å²) in [5.74, 6) is 0.320. The summed E-state index contributed by atoms with van der Waals surface area (Å²) in [4.78, 5) is 29.2. The number of carbonyl (C=O) groups is 2. The van der Waals surface area contributed by atoms with E-state index in [1.165, 1.54) is 12.1 Å². The quantitative estimate of drug-likeness (QED) is 0.256. The van der Waals surface area contributed by atoms with Gasteiger partial charge in [0.1, 0.15) is 11.5 Å². The molecular formula is C32H37FN2O6. The maximum absolute atomic E-state index is 14.3. The zero-order valence-corrected chi connectivity index (χ0v) is 24.0. The molecule has 9 heteroatoms. The lowest BCUT2D eigenvalue weighted by atomic mass is 9.96. The second-order valence-electron chi connectivity index (χ2n) is 10.2. The van der Waals surface area contributed by atoms with Gasteiger partial charge in [-0.15, -0.1) is 0 Å². The molecular weight excluding hydrogens is 527 g/mol. The number of nitrogens with zero attached hydrogens (tertiary/aromatic N) is 2. The topological polar surface area (TPSA) is 77.5 Å². The van der Waals surface area contributed by atoms with Gasteiger partial charge in [0.15, 0.2) is 11.6 Å². The Morgan fingerprint density at radius 2 is 1.66 bits per heavy atom. The van der Waals surface area contributed by atoms with Crippen molar-refractivity contribution in [2.24, 2.45) is 0 Å². The zero-order valence-electron chi connectivity index (χ0n) is 24.0. The van der Waals surface area contributed by atoms with Crippen LogP contribution in [0.15, 0.2) is 72.8 Å². The van der Waals surface area contributed by atoms with Crippen LogP contribution in [0.3, 0.4) is 0 Å². The summed E-state index contributed by atoms with van der Waals surface area (Å²) in [6.07, 6.45) is 0.861. The number of esters is 1. The fourth-order valence-electron chi connectivity index (χ4n) is 4.81. The van der Waals surface area contributed by atoms with E-state index in [0.717, 1.165) is 16.9 Å². The van der Waals surface area contributed by atoms with Crippen molar-refractivity contribution in [3.05, 3.63) is 89.7 Å². The van der Waals surface area contributed by atoms with E-state index in [1.54, 1.807) is 38.0 Å². The molecule has 41 heavy (non-hydrogen) atoms. The number of hydrogen-bond donors (Lipinski definition) is 0. The predicted molar refractivity (Wildman–Crippen MR) is 153 cm³/mol. The van der Waals surface area contributed by atoms with Gasteiger partial charge in [-0.2, -0.15) is 0 Å². The van der Waals surface area contributed by atoms with E-state index in [-0.39, 0.29) is 30.9 Å². The zero-order chi connectivity index (χ0) is 29.4. The van der Waals surface area contributed by atoms with E-state index >= 15 is 0 Å². The van der Waals surface area contributed by atoms with Crippen LogP contribution in [0, 0.1) is 5.82 Å². The van der Waals surface area contributed by atoms with Gasteiger partial charge in [0.05, 0.1) is 26.4 Å². The molecule has 4 rings (SSSR count). The van der Waals surface area contributed by atoms with Crippen LogP contribution in [0.1, 0.15) is 31.4 Å². The van der Waals surface area contributed by atoms with Crippen LogP contribution >= 0.6 is 0 Å². The molecule has 0 radical (unpaired) electrons. The standard InChI is InChI=1S/C32H37FN2O6/c1-5-39-30(36)32(2,41-29-9-7-6-8-28(29)33)20-23-10-16-27(17-11-23)40-19-18-25-22-35(31(37)34(25)3)21-24-12-14-26(38-4)15-13-24/h6-17,25H,5,18-22H2,1-4H3. The van der Waals surface area contributed by atoms with E-state index < -0.39 is 17.4 Å². The third-order valence-electron chi connectivity index (χ3n) is 7.15. The second-order valence-corrected chi connectivity index (χ2v) is 10.2. The molecule has 0 aromatic heterocycles. The van der Waals surface area contributed by atoms with Crippen molar-refractivity contribution in [2.75, 3.05) is 33.9 Å². The Morgan fingerprint density at radius 1 is 1.00 bits per heavy atom. The molecule has 3 aromatic carbocycles. The molecule has 1 fully saturated rings. The Bertz CT molecular complexity index is 1320. The molecule has 0 spiro atoms. The summed E-state index contributed by atoms with van der Waals surface area (Å²) < 4.78 is 36.5. The fraction of sp³-hybridized carbons (Fsp3) is 0.375. The molecule has 0 saturated carbocycles. The van der Waals surface area contributed by atoms with Crippen LogP contribution in [-0.2, 0) is 22.5 Å². The SMILES string of the molecule is CCOC(=O)C(C)(Cc1ccc(OCCC2CN(Cc3ccc(OC)cc3)C(=O)N2C)cc1)Oc1ccccc1F. The summed E-state index contributed by atoms with van der Waals surface area (Å²) >= 11 is 0. The summed E-state index contributed by atoms with van der Waals surface area (Å²) in [6.45, 7) is 5.09. The number of benzene rings is 3. The Morgan fingerprint density at radius 3 is 2.32 bits per heavy atom. The smallest absolute Gasteiger partial charge is 0.350 e. The number of ether oxygens (including phenoxy) is 4. The van der Waals surface area contributed by atoms with E-state index in [9.17, 15) is 14.0 Å². The van der Waals surface area contributed by atoms with Crippen molar-refractivity contribution < 1.29 is 32.9 Å². The number of hydrogen-bond acceptors (Lipinski definition) is 6. The second kappa shape index (κ2) is 13.4. The monoisotopic (exact) mass is 564 g/mol. The fourth-order valence-corrected chi connectivity index (χ4v) is 4.81. The van der Waals surface area contributed by atoms with Crippen molar-refractivity contribution in [3.63, 3.8) is 0 Å². The van der Waals surface area contributed by atoms with Gasteiger partial charge < -0.3 is 28.7 Å². The Balaban J connectivity index is 1.31. The van der Waals surface area contributed by atoms with Crippen LogP contribution in [0.5, 0.6) is 17.2 Å². The molecule has 2 amide bonds. The van der Waals surface area contributed by atoms with Crippen LogP contribution in [-0.4, -0.2) is 67.4 Å². The van der Waals surface area contributed by atoms with Crippen molar-refractivity contribution in [1.82, 2.24) is 9.80 Å². The van der Waals surface area contributed by atoms with Crippen LogP contribution in [0.4, 0.5) is 9.18 Å². The molecule has 0 aliphatic carbocycles. The third-order valence-corrected chi connectivity index (χ3v) is 7.15. The van der Waals surface area contributed by atoms with Crippen LogP contribution in [0.2, 0.25) is 0 Å². The average molecular weight is 565 g/mol.